The largest absolute Gasteiger partial charge is 0.312 e. The van der Waals surface area contributed by atoms with Gasteiger partial charge in [0.2, 0.25) is 0 Å². The fourth-order valence-electron chi connectivity index (χ4n) is 4.19. The third-order valence-corrected chi connectivity index (χ3v) is 5.63. The van der Waals surface area contributed by atoms with Crippen LogP contribution in [0, 0.1) is 17.3 Å². The quantitative estimate of drug-likeness (QED) is 0.821. The summed E-state index contributed by atoms with van der Waals surface area (Å²) in [7, 11) is 0. The zero-order chi connectivity index (χ0) is 14.8. The molecule has 1 saturated carbocycles. The molecule has 2 rings (SSSR count). The Hall–Kier alpha value is -0.0800. The highest BCUT2D eigenvalue weighted by atomic mass is 15.2. The SMILES string of the molecule is CCCNC1CCC(C(C)C)CC1N1CCC(C)(C)C1. The predicted molar refractivity (Wildman–Crippen MR) is 88.0 cm³/mol. The van der Waals surface area contributed by atoms with E-state index in [9.17, 15) is 0 Å². The maximum Gasteiger partial charge on any atom is 0.0252 e. The van der Waals surface area contributed by atoms with Crippen LogP contribution in [0.1, 0.15) is 66.7 Å². The van der Waals surface area contributed by atoms with Crippen molar-refractivity contribution in [1.29, 1.82) is 0 Å². The molecule has 1 aliphatic carbocycles. The van der Waals surface area contributed by atoms with Gasteiger partial charge in [-0.05, 0) is 62.4 Å². The van der Waals surface area contributed by atoms with Crippen LogP contribution in [0.25, 0.3) is 0 Å². The lowest BCUT2D eigenvalue weighted by atomic mass is 9.76. The van der Waals surface area contributed by atoms with E-state index in [1.807, 2.05) is 0 Å². The standard InChI is InChI=1S/C18H36N2/c1-6-10-19-16-8-7-15(14(2)3)12-17(16)20-11-9-18(4,5)13-20/h14-17,19H,6-13H2,1-5H3. The topological polar surface area (TPSA) is 15.3 Å². The van der Waals surface area contributed by atoms with Gasteiger partial charge in [0, 0.05) is 18.6 Å². The monoisotopic (exact) mass is 280 g/mol. The molecule has 0 aromatic rings. The van der Waals surface area contributed by atoms with Gasteiger partial charge in [0.1, 0.15) is 0 Å². The normalized spacial score (nSPS) is 34.8. The first kappa shape index (κ1) is 16.3. The fourth-order valence-corrected chi connectivity index (χ4v) is 4.19. The molecule has 2 fully saturated rings. The van der Waals surface area contributed by atoms with Gasteiger partial charge in [-0.1, -0.05) is 34.6 Å². The summed E-state index contributed by atoms with van der Waals surface area (Å²) >= 11 is 0. The zero-order valence-electron chi connectivity index (χ0n) is 14.4. The highest BCUT2D eigenvalue weighted by Gasteiger charge is 2.40. The van der Waals surface area contributed by atoms with Crippen molar-refractivity contribution in [2.45, 2.75) is 78.8 Å². The third-order valence-electron chi connectivity index (χ3n) is 5.63. The van der Waals surface area contributed by atoms with Gasteiger partial charge in [0.25, 0.3) is 0 Å². The van der Waals surface area contributed by atoms with Gasteiger partial charge < -0.3 is 5.32 Å². The molecule has 1 aliphatic heterocycles. The van der Waals surface area contributed by atoms with Crippen LogP contribution in [0.2, 0.25) is 0 Å². The molecule has 2 heteroatoms. The Labute approximate surface area is 126 Å². The van der Waals surface area contributed by atoms with Crippen LogP contribution < -0.4 is 5.32 Å². The average molecular weight is 280 g/mol. The van der Waals surface area contributed by atoms with Crippen molar-refractivity contribution >= 4 is 0 Å². The van der Waals surface area contributed by atoms with E-state index in [0.717, 1.165) is 23.9 Å². The van der Waals surface area contributed by atoms with Gasteiger partial charge >= 0.3 is 0 Å². The first-order valence-corrected chi connectivity index (χ1v) is 8.90. The second kappa shape index (κ2) is 6.79. The van der Waals surface area contributed by atoms with Crippen LogP contribution >= 0.6 is 0 Å². The van der Waals surface area contributed by atoms with Crippen LogP contribution in [-0.4, -0.2) is 36.6 Å². The van der Waals surface area contributed by atoms with Crippen molar-refractivity contribution in [2.75, 3.05) is 19.6 Å². The Bertz CT molecular complexity index is 298. The number of hydrogen-bond donors (Lipinski definition) is 1. The van der Waals surface area contributed by atoms with Crippen LogP contribution in [0.3, 0.4) is 0 Å². The van der Waals surface area contributed by atoms with Gasteiger partial charge in [0.05, 0.1) is 0 Å². The van der Waals surface area contributed by atoms with Crippen LogP contribution in [0.5, 0.6) is 0 Å². The Kier molecular flexibility index (Phi) is 5.53. The van der Waals surface area contributed by atoms with E-state index < -0.39 is 0 Å². The summed E-state index contributed by atoms with van der Waals surface area (Å²) in [6.45, 7) is 15.8. The van der Waals surface area contributed by atoms with Crippen molar-refractivity contribution in [2.24, 2.45) is 17.3 Å². The van der Waals surface area contributed by atoms with Crippen molar-refractivity contribution in [3.05, 3.63) is 0 Å². The molecule has 0 aromatic heterocycles. The van der Waals surface area contributed by atoms with E-state index in [1.54, 1.807) is 0 Å². The fraction of sp³-hybridized carbons (Fsp3) is 1.00. The molecule has 118 valence electrons. The molecule has 1 saturated heterocycles. The molecule has 20 heavy (non-hydrogen) atoms. The minimum absolute atomic E-state index is 0.528. The third kappa shape index (κ3) is 3.98. The molecule has 0 spiro atoms. The average Bonchev–Trinajstić information content (AvgIpc) is 2.76. The lowest BCUT2D eigenvalue weighted by molar-refractivity contribution is 0.0937. The summed E-state index contributed by atoms with van der Waals surface area (Å²) in [5.74, 6) is 1.78. The van der Waals surface area contributed by atoms with E-state index in [-0.39, 0.29) is 0 Å². The van der Waals surface area contributed by atoms with Gasteiger partial charge in [-0.15, -0.1) is 0 Å². The minimum atomic E-state index is 0.528. The van der Waals surface area contributed by atoms with Crippen molar-refractivity contribution in [3.63, 3.8) is 0 Å². The van der Waals surface area contributed by atoms with E-state index in [2.05, 4.69) is 44.8 Å². The van der Waals surface area contributed by atoms with Crippen LogP contribution in [0.15, 0.2) is 0 Å². The Morgan fingerprint density at radius 1 is 1.25 bits per heavy atom. The Balaban J connectivity index is 2.01. The number of likely N-dealkylation sites (tertiary alicyclic amines) is 1. The van der Waals surface area contributed by atoms with Gasteiger partial charge in [-0.2, -0.15) is 0 Å². The molecular formula is C18H36N2. The molecule has 2 aliphatic rings. The maximum absolute atomic E-state index is 3.84. The van der Waals surface area contributed by atoms with Gasteiger partial charge in [-0.25, -0.2) is 0 Å². The number of hydrogen-bond acceptors (Lipinski definition) is 2. The summed E-state index contributed by atoms with van der Waals surface area (Å²) in [5, 5.41) is 3.84. The highest BCUT2D eigenvalue weighted by molar-refractivity contribution is 4.96. The summed E-state index contributed by atoms with van der Waals surface area (Å²) in [5.41, 5.74) is 0.528. The second-order valence-electron chi connectivity index (χ2n) is 8.33. The van der Waals surface area contributed by atoms with Gasteiger partial charge in [0.15, 0.2) is 0 Å². The Morgan fingerprint density at radius 3 is 2.55 bits per heavy atom. The Morgan fingerprint density at radius 2 is 2.00 bits per heavy atom. The zero-order valence-corrected chi connectivity index (χ0v) is 14.4. The first-order chi connectivity index (χ1) is 9.43. The predicted octanol–water partition coefficient (Wildman–Crippen LogP) is 3.91. The lowest BCUT2D eigenvalue weighted by Crippen LogP contribution is -2.53. The highest BCUT2D eigenvalue weighted by Crippen LogP contribution is 2.37. The molecule has 1 heterocycles. The van der Waals surface area contributed by atoms with E-state index in [0.29, 0.717) is 5.41 Å². The summed E-state index contributed by atoms with van der Waals surface area (Å²) < 4.78 is 0. The summed E-state index contributed by atoms with van der Waals surface area (Å²) in [6.07, 6.45) is 6.84. The molecule has 0 radical (unpaired) electrons. The smallest absolute Gasteiger partial charge is 0.0252 e. The van der Waals surface area contributed by atoms with Crippen LogP contribution in [-0.2, 0) is 0 Å². The molecule has 3 unspecified atom stereocenters. The lowest BCUT2D eigenvalue weighted by Gasteiger charge is -2.43. The van der Waals surface area contributed by atoms with E-state index >= 15 is 0 Å². The van der Waals surface area contributed by atoms with Crippen LogP contribution in [0.4, 0.5) is 0 Å². The van der Waals surface area contributed by atoms with Gasteiger partial charge in [-0.3, -0.25) is 4.90 Å². The van der Waals surface area contributed by atoms with Crippen molar-refractivity contribution in [3.8, 4) is 0 Å². The molecule has 0 bridgehead atoms. The van der Waals surface area contributed by atoms with E-state index in [4.69, 9.17) is 0 Å². The van der Waals surface area contributed by atoms with E-state index in [1.165, 1.54) is 51.7 Å². The van der Waals surface area contributed by atoms with Crippen molar-refractivity contribution < 1.29 is 0 Å². The van der Waals surface area contributed by atoms with Crippen molar-refractivity contribution in [1.82, 2.24) is 10.2 Å². The molecule has 0 aromatic carbocycles. The maximum atomic E-state index is 3.84. The first-order valence-electron chi connectivity index (χ1n) is 8.90. The number of nitrogens with zero attached hydrogens (tertiary/aromatic N) is 1. The molecule has 2 nitrogen and oxygen atoms in total. The number of nitrogens with one attached hydrogen (secondary N) is 1. The molecule has 0 amide bonds. The molecular weight excluding hydrogens is 244 g/mol. The molecule has 1 N–H and O–H groups in total. The summed E-state index contributed by atoms with van der Waals surface area (Å²) in [4.78, 5) is 2.81. The second-order valence-corrected chi connectivity index (χ2v) is 8.33. The molecule has 3 atom stereocenters. The summed E-state index contributed by atoms with van der Waals surface area (Å²) in [6, 6.07) is 1.52. The minimum Gasteiger partial charge on any atom is -0.312 e. The number of rotatable bonds is 5.